The Morgan fingerprint density at radius 1 is 1.24 bits per heavy atom. The number of anilines is 2. The van der Waals surface area contributed by atoms with E-state index in [1.54, 1.807) is 12.1 Å². The summed E-state index contributed by atoms with van der Waals surface area (Å²) in [5.41, 5.74) is 7.40. The van der Waals surface area contributed by atoms with Crippen LogP contribution >= 0.6 is 0 Å². The second kappa shape index (κ2) is 9.61. The predicted octanol–water partition coefficient (Wildman–Crippen LogP) is 3.80. The number of rotatable bonds is 7. The molecule has 1 heterocycles. The van der Waals surface area contributed by atoms with E-state index in [-0.39, 0.29) is 18.6 Å². The Morgan fingerprint density at radius 2 is 1.97 bits per heavy atom. The Kier molecular flexibility index (Phi) is 7.17. The Morgan fingerprint density at radius 3 is 2.62 bits per heavy atom. The fourth-order valence-corrected chi connectivity index (χ4v) is 4.70. The second-order valence-electron chi connectivity index (χ2n) is 9.01. The van der Waals surface area contributed by atoms with Gasteiger partial charge in [0.1, 0.15) is 6.61 Å². The van der Waals surface area contributed by atoms with E-state index in [0.29, 0.717) is 29.0 Å². The van der Waals surface area contributed by atoms with E-state index in [1.165, 1.54) is 6.42 Å². The molecule has 2 fully saturated rings. The maximum atomic E-state index is 12.7. The van der Waals surface area contributed by atoms with Gasteiger partial charge in [0.2, 0.25) is 11.8 Å². The van der Waals surface area contributed by atoms with Crippen LogP contribution < -0.4 is 16.0 Å². The number of nitrogens with zero attached hydrogens (tertiary/aromatic N) is 1. The van der Waals surface area contributed by atoms with Gasteiger partial charge in [0.25, 0.3) is 0 Å². The summed E-state index contributed by atoms with van der Waals surface area (Å²) in [6, 6.07) is 5.27. The van der Waals surface area contributed by atoms with Gasteiger partial charge in [-0.25, -0.2) is 0 Å². The summed E-state index contributed by atoms with van der Waals surface area (Å²) in [6.45, 7) is 8.64. The predicted molar refractivity (Wildman–Crippen MR) is 116 cm³/mol. The van der Waals surface area contributed by atoms with Gasteiger partial charge in [0.15, 0.2) is 0 Å². The largest absolute Gasteiger partial charge is 0.370 e. The molecule has 0 aromatic heterocycles. The lowest BCUT2D eigenvalue weighted by Crippen LogP contribution is -2.36. The molecule has 2 amide bonds. The van der Waals surface area contributed by atoms with Crippen LogP contribution in [0.25, 0.3) is 0 Å². The average molecular weight is 402 g/mol. The zero-order valence-corrected chi connectivity index (χ0v) is 17.9. The molecule has 3 N–H and O–H groups in total. The van der Waals surface area contributed by atoms with E-state index >= 15 is 0 Å². The Hall–Kier alpha value is -2.08. The van der Waals surface area contributed by atoms with Crippen LogP contribution in [0.5, 0.6) is 0 Å². The lowest BCUT2D eigenvalue weighted by atomic mass is 9.75. The molecule has 1 aromatic carbocycles. The van der Waals surface area contributed by atoms with Gasteiger partial charge in [-0.3, -0.25) is 9.59 Å². The number of carbonyl (C=O) groups excluding carboxylic acids is 2. The monoisotopic (exact) mass is 401 g/mol. The van der Waals surface area contributed by atoms with Crippen molar-refractivity contribution >= 4 is 23.2 Å². The van der Waals surface area contributed by atoms with Crippen molar-refractivity contribution in [3.05, 3.63) is 23.8 Å². The third-order valence-corrected chi connectivity index (χ3v) is 6.39. The molecule has 3 atom stereocenters. The van der Waals surface area contributed by atoms with E-state index in [9.17, 15) is 9.59 Å². The van der Waals surface area contributed by atoms with Gasteiger partial charge in [0.05, 0.1) is 17.5 Å². The molecular weight excluding hydrogens is 366 g/mol. The highest BCUT2D eigenvalue weighted by Crippen LogP contribution is 2.35. The lowest BCUT2D eigenvalue weighted by molar-refractivity contribution is -0.126. The van der Waals surface area contributed by atoms with Crippen LogP contribution in [0.1, 0.15) is 63.2 Å². The summed E-state index contributed by atoms with van der Waals surface area (Å²) >= 11 is 0. The van der Waals surface area contributed by atoms with Crippen LogP contribution in [-0.4, -0.2) is 37.6 Å². The molecule has 6 heteroatoms. The third-order valence-electron chi connectivity index (χ3n) is 6.39. The number of ether oxygens (including phenoxy) is 1. The maximum Gasteiger partial charge on any atom is 0.250 e. The van der Waals surface area contributed by atoms with Crippen molar-refractivity contribution in [2.45, 2.75) is 59.0 Å². The zero-order chi connectivity index (χ0) is 21.0. The van der Waals surface area contributed by atoms with Crippen molar-refractivity contribution in [1.29, 1.82) is 0 Å². The van der Waals surface area contributed by atoms with Gasteiger partial charge < -0.3 is 20.7 Å². The Labute approximate surface area is 174 Å². The summed E-state index contributed by atoms with van der Waals surface area (Å²) < 4.78 is 6.09. The number of primary amides is 1. The molecule has 0 radical (unpaired) electrons. The molecule has 0 spiro atoms. The molecule has 29 heavy (non-hydrogen) atoms. The van der Waals surface area contributed by atoms with E-state index < -0.39 is 5.91 Å². The quantitative estimate of drug-likeness (QED) is 0.728. The summed E-state index contributed by atoms with van der Waals surface area (Å²) in [5, 5.41) is 2.96. The standard InChI is InChI=1S/C23H35N3O3/c1-15(2)18-8-6-16(3)12-21(18)29-14-22(27)25-19-13-17(23(24)28)7-9-20(19)26-10-4-5-11-26/h7,9,13,15-16,18,21H,4-6,8,10-12,14H2,1-3H3,(H2,24,28)(H,25,27)/t16-,18-,21-/m1/s1. The fraction of sp³-hybridized carbons (Fsp3) is 0.652. The molecule has 1 saturated carbocycles. The average Bonchev–Trinajstić information content (AvgIpc) is 3.20. The molecule has 6 nitrogen and oxygen atoms in total. The highest BCUT2D eigenvalue weighted by atomic mass is 16.5. The van der Waals surface area contributed by atoms with Crippen molar-refractivity contribution < 1.29 is 14.3 Å². The van der Waals surface area contributed by atoms with E-state index in [4.69, 9.17) is 10.5 Å². The van der Waals surface area contributed by atoms with Gasteiger partial charge in [-0.15, -0.1) is 0 Å². The lowest BCUT2D eigenvalue weighted by Gasteiger charge is -2.37. The van der Waals surface area contributed by atoms with E-state index in [0.717, 1.165) is 44.5 Å². The topological polar surface area (TPSA) is 84.7 Å². The van der Waals surface area contributed by atoms with Gasteiger partial charge in [-0.2, -0.15) is 0 Å². The Balaban J connectivity index is 1.67. The highest BCUT2D eigenvalue weighted by molar-refractivity contribution is 5.99. The van der Waals surface area contributed by atoms with Crippen LogP contribution in [0.3, 0.4) is 0 Å². The molecule has 0 unspecified atom stereocenters. The summed E-state index contributed by atoms with van der Waals surface area (Å²) in [6.07, 6.45) is 5.78. The number of hydrogen-bond acceptors (Lipinski definition) is 4. The summed E-state index contributed by atoms with van der Waals surface area (Å²) in [5.74, 6) is 0.988. The van der Waals surface area contributed by atoms with E-state index in [2.05, 4.69) is 31.0 Å². The SMILES string of the molecule is CC(C)[C@H]1CC[C@@H](C)C[C@H]1OCC(=O)Nc1cc(C(N)=O)ccc1N1CCCC1. The van der Waals surface area contributed by atoms with Crippen molar-refractivity contribution in [3.8, 4) is 0 Å². The minimum absolute atomic E-state index is 0.0286. The van der Waals surface area contributed by atoms with Crippen LogP contribution in [0.2, 0.25) is 0 Å². The van der Waals surface area contributed by atoms with Gasteiger partial charge >= 0.3 is 0 Å². The fourth-order valence-electron chi connectivity index (χ4n) is 4.70. The first-order valence-corrected chi connectivity index (χ1v) is 11.0. The van der Waals surface area contributed by atoms with Gasteiger partial charge in [-0.05, 0) is 61.6 Å². The zero-order valence-electron chi connectivity index (χ0n) is 17.9. The minimum atomic E-state index is -0.499. The third kappa shape index (κ3) is 5.50. The molecule has 0 bridgehead atoms. The molecule has 3 rings (SSSR count). The smallest absolute Gasteiger partial charge is 0.250 e. The molecule has 160 valence electrons. The normalized spacial score (nSPS) is 24.7. The number of carbonyl (C=O) groups is 2. The second-order valence-corrected chi connectivity index (χ2v) is 9.01. The van der Waals surface area contributed by atoms with Crippen LogP contribution in [0.4, 0.5) is 11.4 Å². The van der Waals surface area contributed by atoms with E-state index in [1.807, 2.05) is 6.07 Å². The molecule has 1 saturated heterocycles. The summed E-state index contributed by atoms with van der Waals surface area (Å²) in [7, 11) is 0. The first kappa shape index (κ1) is 21.6. The number of nitrogens with two attached hydrogens (primary N) is 1. The molecule has 1 aliphatic carbocycles. The molecule has 1 aliphatic heterocycles. The van der Waals surface area contributed by atoms with Crippen LogP contribution in [-0.2, 0) is 9.53 Å². The molecular formula is C23H35N3O3. The summed E-state index contributed by atoms with van der Waals surface area (Å²) in [4.78, 5) is 26.5. The Bertz CT molecular complexity index is 728. The van der Waals surface area contributed by atoms with Gasteiger partial charge in [-0.1, -0.05) is 27.2 Å². The maximum absolute atomic E-state index is 12.7. The highest BCUT2D eigenvalue weighted by Gasteiger charge is 2.31. The minimum Gasteiger partial charge on any atom is -0.370 e. The number of benzene rings is 1. The van der Waals surface area contributed by atoms with Crippen LogP contribution in [0, 0.1) is 17.8 Å². The molecule has 1 aromatic rings. The number of amides is 2. The van der Waals surface area contributed by atoms with Crippen molar-refractivity contribution in [2.75, 3.05) is 29.9 Å². The number of nitrogens with one attached hydrogen (secondary N) is 1. The van der Waals surface area contributed by atoms with Crippen molar-refractivity contribution in [2.24, 2.45) is 23.5 Å². The first-order chi connectivity index (χ1) is 13.8. The van der Waals surface area contributed by atoms with Gasteiger partial charge in [0, 0.05) is 18.7 Å². The van der Waals surface area contributed by atoms with Crippen LogP contribution in [0.15, 0.2) is 18.2 Å². The van der Waals surface area contributed by atoms with Crippen molar-refractivity contribution in [1.82, 2.24) is 0 Å². The first-order valence-electron chi connectivity index (χ1n) is 11.0. The molecule has 2 aliphatic rings. The number of hydrogen-bond donors (Lipinski definition) is 2. The van der Waals surface area contributed by atoms with Crippen molar-refractivity contribution in [3.63, 3.8) is 0 Å².